The normalized spacial score (nSPS) is 10.8. The van der Waals surface area contributed by atoms with Crippen LogP contribution >= 0.6 is 0 Å². The number of esters is 1. The molecule has 0 spiro atoms. The summed E-state index contributed by atoms with van der Waals surface area (Å²) < 4.78 is 7.20. The average Bonchev–Trinajstić information content (AvgIpc) is 2.86. The van der Waals surface area contributed by atoms with E-state index in [0.717, 1.165) is 22.2 Å². The molecule has 0 aliphatic rings. The van der Waals surface area contributed by atoms with E-state index in [9.17, 15) is 9.59 Å². The molecule has 0 aliphatic carbocycles. The van der Waals surface area contributed by atoms with Crippen molar-refractivity contribution in [1.82, 2.24) is 4.57 Å². The number of carbonyl (C=O) groups excluding carboxylic acids is 2. The predicted octanol–water partition coefficient (Wildman–Crippen LogP) is 3.83. The molecule has 0 N–H and O–H groups in total. The number of carbonyl (C=O) groups is 2. The third kappa shape index (κ3) is 2.83. The number of fused-ring (bicyclic) bond motifs is 1. The molecule has 0 atom stereocenters. The minimum Gasteiger partial charge on any atom is -0.454 e. The Hall–Kier alpha value is -2.88. The summed E-state index contributed by atoms with van der Waals surface area (Å²) in [6, 6.07) is 14.9. The second-order valence-corrected chi connectivity index (χ2v) is 5.87. The molecule has 0 amide bonds. The fraction of sp³-hybridized carbons (Fsp3) is 0.200. The van der Waals surface area contributed by atoms with Crippen LogP contribution in [0.4, 0.5) is 0 Å². The molecule has 2 aromatic carbocycles. The molecule has 24 heavy (non-hydrogen) atoms. The van der Waals surface area contributed by atoms with Gasteiger partial charge in [-0.25, -0.2) is 4.79 Å². The van der Waals surface area contributed by atoms with E-state index < -0.39 is 5.97 Å². The zero-order valence-electron chi connectivity index (χ0n) is 14.0. The van der Waals surface area contributed by atoms with E-state index in [1.54, 1.807) is 6.07 Å². The van der Waals surface area contributed by atoms with Gasteiger partial charge >= 0.3 is 5.97 Å². The Kier molecular flexibility index (Phi) is 4.21. The molecule has 122 valence electrons. The monoisotopic (exact) mass is 321 g/mol. The lowest BCUT2D eigenvalue weighted by atomic mass is 10.0. The Bertz CT molecular complexity index is 932. The second kappa shape index (κ2) is 6.32. The van der Waals surface area contributed by atoms with Gasteiger partial charge in [0.05, 0.1) is 5.56 Å². The molecule has 3 aromatic rings. The van der Waals surface area contributed by atoms with Gasteiger partial charge in [0, 0.05) is 24.0 Å². The molecule has 1 aromatic heterocycles. The molecule has 0 radical (unpaired) electrons. The topological polar surface area (TPSA) is 48.3 Å². The van der Waals surface area contributed by atoms with Crippen LogP contribution in [-0.4, -0.2) is 22.9 Å². The number of hydrogen-bond donors (Lipinski definition) is 0. The highest BCUT2D eigenvalue weighted by Crippen LogP contribution is 2.20. The molecule has 1 heterocycles. The van der Waals surface area contributed by atoms with E-state index >= 15 is 0 Å². The first kappa shape index (κ1) is 16.0. The van der Waals surface area contributed by atoms with E-state index in [4.69, 9.17) is 4.74 Å². The van der Waals surface area contributed by atoms with Crippen LogP contribution in [0.1, 0.15) is 32.1 Å². The van der Waals surface area contributed by atoms with E-state index in [2.05, 4.69) is 0 Å². The van der Waals surface area contributed by atoms with Crippen LogP contribution in [0.3, 0.4) is 0 Å². The molecule has 0 aliphatic heterocycles. The van der Waals surface area contributed by atoms with Crippen LogP contribution in [0.25, 0.3) is 10.8 Å². The van der Waals surface area contributed by atoms with Gasteiger partial charge in [-0.2, -0.15) is 0 Å². The maximum Gasteiger partial charge on any atom is 0.339 e. The molecule has 4 nitrogen and oxygen atoms in total. The lowest BCUT2D eigenvalue weighted by Crippen LogP contribution is -2.15. The van der Waals surface area contributed by atoms with Gasteiger partial charge in [-0.3, -0.25) is 4.79 Å². The number of Topliss-reactive ketones (excluding diaryl/α,β-unsaturated/α-hetero) is 1. The summed E-state index contributed by atoms with van der Waals surface area (Å²) in [6.45, 7) is 3.56. The third-order valence-electron chi connectivity index (χ3n) is 4.42. The zero-order chi connectivity index (χ0) is 17.3. The summed E-state index contributed by atoms with van der Waals surface area (Å²) in [5.74, 6) is -0.671. The highest BCUT2D eigenvalue weighted by atomic mass is 16.5. The summed E-state index contributed by atoms with van der Waals surface area (Å²) in [7, 11) is 1.91. The van der Waals surface area contributed by atoms with E-state index in [0.29, 0.717) is 11.1 Å². The fourth-order valence-corrected chi connectivity index (χ4v) is 2.83. The molecule has 0 bridgehead atoms. The molecule has 0 unspecified atom stereocenters. The van der Waals surface area contributed by atoms with Gasteiger partial charge in [-0.15, -0.1) is 0 Å². The van der Waals surface area contributed by atoms with Crippen molar-refractivity contribution in [2.75, 3.05) is 6.61 Å². The van der Waals surface area contributed by atoms with Crippen molar-refractivity contribution in [1.29, 1.82) is 0 Å². The summed E-state index contributed by atoms with van der Waals surface area (Å²) in [6.07, 6.45) is 0. The van der Waals surface area contributed by atoms with Crippen molar-refractivity contribution in [3.8, 4) is 0 Å². The van der Waals surface area contributed by atoms with Crippen molar-refractivity contribution >= 4 is 22.5 Å². The SMILES string of the molecule is Cc1cc(C(=O)COC(=O)c2cccc3ccccc23)c(C)n1C. The predicted molar refractivity (Wildman–Crippen MR) is 93.4 cm³/mol. The largest absolute Gasteiger partial charge is 0.454 e. The van der Waals surface area contributed by atoms with Crippen LogP contribution in [0.15, 0.2) is 48.5 Å². The van der Waals surface area contributed by atoms with E-state index in [1.165, 1.54) is 0 Å². The first-order valence-electron chi connectivity index (χ1n) is 7.80. The van der Waals surface area contributed by atoms with Gasteiger partial charge < -0.3 is 9.30 Å². The lowest BCUT2D eigenvalue weighted by molar-refractivity contribution is 0.0476. The van der Waals surface area contributed by atoms with Gasteiger partial charge in [0.1, 0.15) is 0 Å². The van der Waals surface area contributed by atoms with Crippen molar-refractivity contribution in [3.63, 3.8) is 0 Å². The summed E-state index contributed by atoms with van der Waals surface area (Å²) >= 11 is 0. The molecule has 0 saturated carbocycles. The van der Waals surface area contributed by atoms with Gasteiger partial charge in [0.25, 0.3) is 0 Å². The van der Waals surface area contributed by atoms with E-state index in [-0.39, 0.29) is 12.4 Å². The minimum atomic E-state index is -0.481. The molecule has 3 rings (SSSR count). The lowest BCUT2D eigenvalue weighted by Gasteiger charge is -2.07. The molecule has 4 heteroatoms. The van der Waals surface area contributed by atoms with Gasteiger partial charge in [0.2, 0.25) is 5.78 Å². The highest BCUT2D eigenvalue weighted by Gasteiger charge is 2.17. The van der Waals surface area contributed by atoms with Crippen LogP contribution in [-0.2, 0) is 11.8 Å². The number of aromatic nitrogens is 1. The van der Waals surface area contributed by atoms with Crippen LogP contribution in [0.5, 0.6) is 0 Å². The Balaban J connectivity index is 1.77. The Morgan fingerprint density at radius 2 is 1.71 bits per heavy atom. The van der Waals surface area contributed by atoms with Gasteiger partial charge in [0.15, 0.2) is 6.61 Å². The van der Waals surface area contributed by atoms with Crippen LogP contribution in [0.2, 0.25) is 0 Å². The van der Waals surface area contributed by atoms with E-state index in [1.807, 2.05) is 67.9 Å². The standard InChI is InChI=1S/C20H19NO3/c1-13-11-18(14(2)21(13)3)19(22)12-24-20(23)17-10-6-8-15-7-4-5-9-16(15)17/h4-11H,12H2,1-3H3. The van der Waals surface area contributed by atoms with Crippen molar-refractivity contribution in [3.05, 3.63) is 71.0 Å². The van der Waals surface area contributed by atoms with Crippen LogP contribution < -0.4 is 0 Å². The molecular weight excluding hydrogens is 302 g/mol. The Labute approximate surface area is 140 Å². The maximum absolute atomic E-state index is 12.4. The highest BCUT2D eigenvalue weighted by molar-refractivity contribution is 6.06. The first-order valence-corrected chi connectivity index (χ1v) is 7.80. The number of benzene rings is 2. The fourth-order valence-electron chi connectivity index (χ4n) is 2.83. The Morgan fingerprint density at radius 3 is 2.42 bits per heavy atom. The number of nitrogens with zero attached hydrogens (tertiary/aromatic N) is 1. The van der Waals surface area contributed by atoms with Crippen LogP contribution in [0, 0.1) is 13.8 Å². The number of ketones is 1. The van der Waals surface area contributed by atoms with Gasteiger partial charge in [-0.1, -0.05) is 36.4 Å². The summed E-state index contributed by atoms with van der Waals surface area (Å²) in [5, 5.41) is 1.79. The van der Waals surface area contributed by atoms with Crippen molar-refractivity contribution in [2.45, 2.75) is 13.8 Å². The summed E-state index contributed by atoms with van der Waals surface area (Å²) in [4.78, 5) is 24.7. The zero-order valence-corrected chi connectivity index (χ0v) is 14.0. The maximum atomic E-state index is 12.4. The Morgan fingerprint density at radius 1 is 1.00 bits per heavy atom. The van der Waals surface area contributed by atoms with Gasteiger partial charge in [-0.05, 0) is 36.8 Å². The quantitative estimate of drug-likeness (QED) is 0.542. The third-order valence-corrected chi connectivity index (χ3v) is 4.42. The second-order valence-electron chi connectivity index (χ2n) is 5.87. The minimum absolute atomic E-state index is 0.190. The van der Waals surface area contributed by atoms with Crippen molar-refractivity contribution < 1.29 is 14.3 Å². The smallest absolute Gasteiger partial charge is 0.339 e. The summed E-state index contributed by atoms with van der Waals surface area (Å²) in [5.41, 5.74) is 2.94. The molecular formula is C20H19NO3. The molecule has 0 fully saturated rings. The number of ether oxygens (including phenoxy) is 1. The van der Waals surface area contributed by atoms with Crippen molar-refractivity contribution in [2.24, 2.45) is 7.05 Å². The number of aryl methyl sites for hydroxylation is 1. The molecule has 0 saturated heterocycles. The first-order chi connectivity index (χ1) is 11.5. The number of rotatable bonds is 4. The average molecular weight is 321 g/mol. The number of hydrogen-bond acceptors (Lipinski definition) is 3.